The number of benzene rings is 1. The molecule has 0 unspecified atom stereocenters. The first kappa shape index (κ1) is 12.8. The van der Waals surface area contributed by atoms with Gasteiger partial charge in [-0.1, -0.05) is 29.3 Å². The first-order chi connectivity index (χ1) is 7.54. The number of methoxy groups -OCH3 is 1. The van der Waals surface area contributed by atoms with Gasteiger partial charge in [-0.2, -0.15) is 0 Å². The highest BCUT2D eigenvalue weighted by Gasteiger charge is 2.13. The quantitative estimate of drug-likeness (QED) is 0.653. The highest BCUT2D eigenvalue weighted by molar-refractivity contribution is 6.35. The zero-order valence-electron chi connectivity index (χ0n) is 8.42. The predicted octanol–water partition coefficient (Wildman–Crippen LogP) is 1.78. The molecule has 0 saturated heterocycles. The maximum absolute atomic E-state index is 11.1. The summed E-state index contributed by atoms with van der Waals surface area (Å²) in [5.41, 5.74) is 0.670. The maximum Gasteiger partial charge on any atom is 0.396 e. The van der Waals surface area contributed by atoms with Gasteiger partial charge in [0, 0.05) is 16.6 Å². The molecule has 0 fully saturated rings. The van der Waals surface area contributed by atoms with E-state index in [1.54, 1.807) is 18.2 Å². The third-order valence-electron chi connectivity index (χ3n) is 1.83. The molecule has 1 rings (SSSR count). The molecule has 0 heterocycles. The van der Waals surface area contributed by atoms with Gasteiger partial charge in [0.15, 0.2) is 0 Å². The van der Waals surface area contributed by atoms with Crippen molar-refractivity contribution >= 4 is 35.1 Å². The van der Waals surface area contributed by atoms with Crippen molar-refractivity contribution < 1.29 is 14.3 Å². The molecular formula is C10H9Cl2NO3. The monoisotopic (exact) mass is 261 g/mol. The van der Waals surface area contributed by atoms with Crippen molar-refractivity contribution in [2.45, 2.75) is 6.54 Å². The van der Waals surface area contributed by atoms with Gasteiger partial charge in [0.2, 0.25) is 0 Å². The van der Waals surface area contributed by atoms with Crippen molar-refractivity contribution in [3.05, 3.63) is 33.8 Å². The fourth-order valence-corrected chi connectivity index (χ4v) is 1.48. The number of amides is 1. The number of rotatable bonds is 2. The van der Waals surface area contributed by atoms with Crippen LogP contribution in [-0.2, 0) is 20.9 Å². The Bertz CT molecular complexity index is 421. The Kier molecular flexibility index (Phi) is 4.58. The van der Waals surface area contributed by atoms with Gasteiger partial charge in [-0.3, -0.25) is 4.79 Å². The zero-order chi connectivity index (χ0) is 12.1. The van der Waals surface area contributed by atoms with Crippen LogP contribution in [0.15, 0.2) is 18.2 Å². The van der Waals surface area contributed by atoms with Crippen LogP contribution in [0.2, 0.25) is 10.0 Å². The Balaban J connectivity index is 2.61. The molecule has 1 N–H and O–H groups in total. The second-order valence-electron chi connectivity index (χ2n) is 2.91. The number of esters is 1. The molecule has 0 atom stereocenters. The molecule has 1 aromatic rings. The summed E-state index contributed by atoms with van der Waals surface area (Å²) in [5.74, 6) is -1.75. The summed E-state index contributed by atoms with van der Waals surface area (Å²) in [7, 11) is 1.14. The molecule has 0 radical (unpaired) electrons. The SMILES string of the molecule is COC(=O)C(=O)NCc1ccc(Cl)cc1Cl. The standard InChI is InChI=1S/C10H9Cl2NO3/c1-16-10(15)9(14)13-5-6-2-3-7(11)4-8(6)12/h2-4H,5H2,1H3,(H,13,14). The number of hydrogen-bond donors (Lipinski definition) is 1. The van der Waals surface area contributed by atoms with E-state index in [1.165, 1.54) is 0 Å². The van der Waals surface area contributed by atoms with Crippen LogP contribution in [0.3, 0.4) is 0 Å². The lowest BCUT2D eigenvalue weighted by Crippen LogP contribution is -2.31. The molecule has 0 saturated carbocycles. The molecule has 86 valence electrons. The van der Waals surface area contributed by atoms with Gasteiger partial charge in [0.05, 0.1) is 7.11 Å². The Morgan fingerprint density at radius 2 is 2.06 bits per heavy atom. The van der Waals surface area contributed by atoms with Crippen LogP contribution >= 0.6 is 23.2 Å². The van der Waals surface area contributed by atoms with Gasteiger partial charge in [-0.15, -0.1) is 0 Å². The van der Waals surface area contributed by atoms with Gasteiger partial charge >= 0.3 is 11.9 Å². The lowest BCUT2D eigenvalue weighted by atomic mass is 10.2. The number of carbonyl (C=O) groups is 2. The van der Waals surface area contributed by atoms with E-state index in [1.807, 2.05) is 0 Å². The van der Waals surface area contributed by atoms with Gasteiger partial charge in [-0.25, -0.2) is 4.79 Å². The van der Waals surface area contributed by atoms with Crippen molar-refractivity contribution in [1.29, 1.82) is 0 Å². The number of halogens is 2. The van der Waals surface area contributed by atoms with Crippen molar-refractivity contribution in [3.8, 4) is 0 Å². The first-order valence-electron chi connectivity index (χ1n) is 4.34. The summed E-state index contributed by atoms with van der Waals surface area (Å²) >= 11 is 11.6. The second-order valence-corrected chi connectivity index (χ2v) is 3.75. The second kappa shape index (κ2) is 5.72. The van der Waals surface area contributed by atoms with Crippen LogP contribution in [0.4, 0.5) is 0 Å². The Morgan fingerprint density at radius 1 is 1.38 bits per heavy atom. The third-order valence-corrected chi connectivity index (χ3v) is 2.41. The van der Waals surface area contributed by atoms with Crippen LogP contribution in [-0.4, -0.2) is 19.0 Å². The summed E-state index contributed by atoms with van der Waals surface area (Å²) < 4.78 is 4.24. The summed E-state index contributed by atoms with van der Waals surface area (Å²) in [6.45, 7) is 0.143. The molecule has 6 heteroatoms. The van der Waals surface area contributed by atoms with Crippen LogP contribution in [0.5, 0.6) is 0 Å². The van der Waals surface area contributed by atoms with E-state index in [9.17, 15) is 9.59 Å². The molecule has 16 heavy (non-hydrogen) atoms. The highest BCUT2D eigenvalue weighted by atomic mass is 35.5. The molecule has 0 aliphatic heterocycles. The lowest BCUT2D eigenvalue weighted by molar-refractivity contribution is -0.152. The zero-order valence-corrected chi connectivity index (χ0v) is 9.93. The molecule has 0 aliphatic rings. The number of hydrogen-bond acceptors (Lipinski definition) is 3. The molecule has 0 aromatic heterocycles. The normalized spacial score (nSPS) is 9.69. The maximum atomic E-state index is 11.1. The minimum absolute atomic E-state index is 0.143. The first-order valence-corrected chi connectivity index (χ1v) is 5.10. The largest absolute Gasteiger partial charge is 0.462 e. The summed E-state index contributed by atoms with van der Waals surface area (Å²) in [6.07, 6.45) is 0. The van der Waals surface area contributed by atoms with E-state index in [-0.39, 0.29) is 6.54 Å². The number of nitrogens with one attached hydrogen (secondary N) is 1. The average Bonchev–Trinajstić information content (AvgIpc) is 2.26. The average molecular weight is 262 g/mol. The highest BCUT2D eigenvalue weighted by Crippen LogP contribution is 2.20. The van der Waals surface area contributed by atoms with Crippen LogP contribution in [0.1, 0.15) is 5.56 Å². The molecular weight excluding hydrogens is 253 g/mol. The molecule has 1 aromatic carbocycles. The van der Waals surface area contributed by atoms with Crippen LogP contribution < -0.4 is 5.32 Å². The minimum Gasteiger partial charge on any atom is -0.462 e. The smallest absolute Gasteiger partial charge is 0.396 e. The molecule has 0 spiro atoms. The van der Waals surface area contributed by atoms with Crippen molar-refractivity contribution in [1.82, 2.24) is 5.32 Å². The summed E-state index contributed by atoms with van der Waals surface area (Å²) in [5, 5.41) is 3.30. The summed E-state index contributed by atoms with van der Waals surface area (Å²) in [4.78, 5) is 21.9. The van der Waals surface area contributed by atoms with Crippen molar-refractivity contribution in [2.24, 2.45) is 0 Å². The van der Waals surface area contributed by atoms with E-state index in [0.717, 1.165) is 7.11 Å². The molecule has 0 aliphatic carbocycles. The summed E-state index contributed by atoms with van der Waals surface area (Å²) in [6, 6.07) is 4.87. The van der Waals surface area contributed by atoms with Crippen LogP contribution in [0, 0.1) is 0 Å². The fourth-order valence-electron chi connectivity index (χ4n) is 1.01. The van der Waals surface area contributed by atoms with E-state index in [2.05, 4.69) is 10.1 Å². The van der Waals surface area contributed by atoms with E-state index in [4.69, 9.17) is 23.2 Å². The van der Waals surface area contributed by atoms with Gasteiger partial charge in [0.25, 0.3) is 0 Å². The van der Waals surface area contributed by atoms with E-state index < -0.39 is 11.9 Å². The van der Waals surface area contributed by atoms with Crippen molar-refractivity contribution in [3.63, 3.8) is 0 Å². The Morgan fingerprint density at radius 3 is 2.62 bits per heavy atom. The molecule has 0 bridgehead atoms. The molecule has 4 nitrogen and oxygen atoms in total. The minimum atomic E-state index is -0.940. The lowest BCUT2D eigenvalue weighted by Gasteiger charge is -2.05. The Labute approximate surface area is 102 Å². The van der Waals surface area contributed by atoms with E-state index >= 15 is 0 Å². The van der Waals surface area contributed by atoms with Crippen molar-refractivity contribution in [2.75, 3.05) is 7.11 Å². The topological polar surface area (TPSA) is 55.4 Å². The van der Waals surface area contributed by atoms with Gasteiger partial charge in [-0.05, 0) is 17.7 Å². The third kappa shape index (κ3) is 3.40. The van der Waals surface area contributed by atoms with Gasteiger partial charge < -0.3 is 10.1 Å². The van der Waals surface area contributed by atoms with E-state index in [0.29, 0.717) is 15.6 Å². The molecule has 1 amide bonds. The number of carbonyl (C=O) groups excluding carboxylic acids is 2. The Hall–Kier alpha value is -1.26. The fraction of sp³-hybridized carbons (Fsp3) is 0.200. The van der Waals surface area contributed by atoms with Crippen LogP contribution in [0.25, 0.3) is 0 Å². The number of ether oxygens (including phenoxy) is 1. The predicted molar refractivity (Wildman–Crippen MR) is 60.3 cm³/mol. The van der Waals surface area contributed by atoms with Gasteiger partial charge in [0.1, 0.15) is 0 Å².